The van der Waals surface area contributed by atoms with Crippen molar-refractivity contribution < 1.29 is 19.1 Å². The normalized spacial score (nSPS) is 10.2. The van der Waals surface area contributed by atoms with Crippen molar-refractivity contribution in [2.24, 2.45) is 0 Å². The highest BCUT2D eigenvalue weighted by molar-refractivity contribution is 9.11. The van der Waals surface area contributed by atoms with Gasteiger partial charge in [-0.1, -0.05) is 15.9 Å². The van der Waals surface area contributed by atoms with Crippen LogP contribution < -0.4 is 10.6 Å². The van der Waals surface area contributed by atoms with Crippen molar-refractivity contribution in [3.8, 4) is 0 Å². The maximum Gasteiger partial charge on any atom is 0.337 e. The van der Waals surface area contributed by atoms with Gasteiger partial charge in [-0.3, -0.25) is 0 Å². The Bertz CT molecular complexity index is 671. The Balaban J connectivity index is 2.11. The van der Waals surface area contributed by atoms with E-state index in [0.29, 0.717) is 8.95 Å². The zero-order valence-corrected chi connectivity index (χ0v) is 13.7. The van der Waals surface area contributed by atoms with Crippen LogP contribution in [0.4, 0.5) is 10.5 Å². The lowest BCUT2D eigenvalue weighted by molar-refractivity contribution is 0.0698. The standard InChI is InChI=1S/C13H10Br2N2O4/c14-8-3-9(12(18)19)11(10(15)4-8)17-13(20)16-5-7-1-2-21-6-7/h1-4,6H,5H2,(H,18,19)(H2,16,17,20). The molecule has 110 valence electrons. The lowest BCUT2D eigenvalue weighted by Crippen LogP contribution is -2.29. The first kappa shape index (κ1) is 15.6. The van der Waals surface area contributed by atoms with Gasteiger partial charge in [-0.05, 0) is 34.1 Å². The molecule has 0 aliphatic rings. The molecule has 1 aromatic carbocycles. The quantitative estimate of drug-likeness (QED) is 0.704. The van der Waals surface area contributed by atoms with Crippen LogP contribution in [0.25, 0.3) is 0 Å². The average molecular weight is 418 g/mol. The van der Waals surface area contributed by atoms with E-state index in [2.05, 4.69) is 42.5 Å². The Morgan fingerprint density at radius 2 is 2.05 bits per heavy atom. The number of furan rings is 1. The van der Waals surface area contributed by atoms with Crippen molar-refractivity contribution in [1.29, 1.82) is 0 Å². The van der Waals surface area contributed by atoms with Crippen molar-refractivity contribution in [3.05, 3.63) is 50.8 Å². The number of rotatable bonds is 4. The van der Waals surface area contributed by atoms with Gasteiger partial charge in [-0.15, -0.1) is 0 Å². The summed E-state index contributed by atoms with van der Waals surface area (Å²) in [4.78, 5) is 23.1. The first-order chi connectivity index (χ1) is 9.97. The molecule has 0 aliphatic heterocycles. The van der Waals surface area contributed by atoms with Crippen LogP contribution in [0.2, 0.25) is 0 Å². The van der Waals surface area contributed by atoms with E-state index in [4.69, 9.17) is 4.42 Å². The number of carboxylic acid groups (broad SMARTS) is 1. The largest absolute Gasteiger partial charge is 0.478 e. The van der Waals surface area contributed by atoms with Crippen LogP contribution in [0.5, 0.6) is 0 Å². The second-order valence-electron chi connectivity index (χ2n) is 4.05. The molecule has 21 heavy (non-hydrogen) atoms. The van der Waals surface area contributed by atoms with Gasteiger partial charge < -0.3 is 20.2 Å². The predicted octanol–water partition coefficient (Wildman–Crippen LogP) is 3.82. The van der Waals surface area contributed by atoms with Gasteiger partial charge in [0.15, 0.2) is 0 Å². The van der Waals surface area contributed by atoms with Gasteiger partial charge in [0.25, 0.3) is 0 Å². The van der Waals surface area contributed by atoms with Crippen LogP contribution >= 0.6 is 31.9 Å². The number of hydrogen-bond acceptors (Lipinski definition) is 3. The Kier molecular flexibility index (Phi) is 5.03. The van der Waals surface area contributed by atoms with E-state index in [1.807, 2.05) is 0 Å². The molecule has 0 saturated heterocycles. The highest BCUT2D eigenvalue weighted by Gasteiger charge is 2.16. The summed E-state index contributed by atoms with van der Waals surface area (Å²) >= 11 is 6.44. The van der Waals surface area contributed by atoms with Crippen LogP contribution in [0, 0.1) is 0 Å². The molecule has 2 amide bonds. The third-order valence-electron chi connectivity index (χ3n) is 2.56. The molecular weight excluding hydrogens is 408 g/mol. The highest BCUT2D eigenvalue weighted by atomic mass is 79.9. The molecule has 0 saturated carbocycles. The van der Waals surface area contributed by atoms with Gasteiger partial charge in [0, 0.05) is 21.1 Å². The zero-order valence-electron chi connectivity index (χ0n) is 10.5. The zero-order chi connectivity index (χ0) is 15.4. The molecule has 0 radical (unpaired) electrons. The number of amides is 2. The molecule has 1 heterocycles. The third-order valence-corrected chi connectivity index (χ3v) is 3.64. The molecule has 0 spiro atoms. The number of carboxylic acids is 1. The fourth-order valence-corrected chi connectivity index (χ4v) is 2.93. The first-order valence-corrected chi connectivity index (χ1v) is 7.34. The number of carbonyl (C=O) groups is 2. The van der Waals surface area contributed by atoms with Gasteiger partial charge in [0.1, 0.15) is 0 Å². The monoisotopic (exact) mass is 416 g/mol. The molecular formula is C13H10Br2N2O4. The fraction of sp³-hybridized carbons (Fsp3) is 0.0769. The molecule has 0 bridgehead atoms. The summed E-state index contributed by atoms with van der Waals surface area (Å²) in [6, 6.07) is 4.27. The van der Waals surface area contributed by atoms with E-state index in [-0.39, 0.29) is 17.8 Å². The van der Waals surface area contributed by atoms with E-state index in [1.165, 1.54) is 18.6 Å². The van der Waals surface area contributed by atoms with Crippen molar-refractivity contribution in [2.75, 3.05) is 5.32 Å². The molecule has 1 aromatic heterocycles. The molecule has 0 fully saturated rings. The van der Waals surface area contributed by atoms with Crippen molar-refractivity contribution in [3.63, 3.8) is 0 Å². The number of carbonyl (C=O) groups excluding carboxylic acids is 1. The Morgan fingerprint density at radius 1 is 1.29 bits per heavy atom. The molecule has 8 heteroatoms. The summed E-state index contributed by atoms with van der Waals surface area (Å²) in [6.07, 6.45) is 3.02. The van der Waals surface area contributed by atoms with E-state index in [1.54, 1.807) is 12.1 Å². The molecule has 0 unspecified atom stereocenters. The highest BCUT2D eigenvalue weighted by Crippen LogP contribution is 2.30. The molecule has 3 N–H and O–H groups in total. The summed E-state index contributed by atoms with van der Waals surface area (Å²) in [6.45, 7) is 0.277. The molecule has 0 atom stereocenters. The number of benzene rings is 1. The Labute approximate surface area is 136 Å². The minimum Gasteiger partial charge on any atom is -0.478 e. The number of aromatic carboxylic acids is 1. The molecule has 2 aromatic rings. The maximum absolute atomic E-state index is 11.8. The summed E-state index contributed by atoms with van der Waals surface area (Å²) in [5, 5.41) is 14.3. The summed E-state index contributed by atoms with van der Waals surface area (Å²) in [7, 11) is 0. The molecule has 6 nitrogen and oxygen atoms in total. The number of halogens is 2. The van der Waals surface area contributed by atoms with Crippen LogP contribution in [0.3, 0.4) is 0 Å². The van der Waals surface area contributed by atoms with E-state index < -0.39 is 12.0 Å². The smallest absolute Gasteiger partial charge is 0.337 e. The molecule has 0 aliphatic carbocycles. The van der Waals surface area contributed by atoms with E-state index in [0.717, 1.165) is 5.56 Å². The Hall–Kier alpha value is -1.80. The van der Waals surface area contributed by atoms with Gasteiger partial charge in [-0.2, -0.15) is 0 Å². The SMILES string of the molecule is O=C(NCc1ccoc1)Nc1c(Br)cc(Br)cc1C(=O)O. The summed E-state index contributed by atoms with van der Waals surface area (Å²) in [5.74, 6) is -1.14. The van der Waals surface area contributed by atoms with Gasteiger partial charge >= 0.3 is 12.0 Å². The van der Waals surface area contributed by atoms with E-state index in [9.17, 15) is 14.7 Å². The fourth-order valence-electron chi connectivity index (χ4n) is 1.60. The maximum atomic E-state index is 11.8. The number of nitrogens with one attached hydrogen (secondary N) is 2. The van der Waals surface area contributed by atoms with Crippen molar-refractivity contribution in [1.82, 2.24) is 5.32 Å². The number of anilines is 1. The van der Waals surface area contributed by atoms with Crippen LogP contribution in [-0.4, -0.2) is 17.1 Å². The second kappa shape index (κ2) is 6.77. The van der Waals surface area contributed by atoms with Crippen LogP contribution in [0.1, 0.15) is 15.9 Å². The third kappa shape index (κ3) is 4.08. The minimum atomic E-state index is -1.14. The predicted molar refractivity (Wildman–Crippen MR) is 83.4 cm³/mol. The number of urea groups is 1. The van der Waals surface area contributed by atoms with Gasteiger partial charge in [0.2, 0.25) is 0 Å². The summed E-state index contributed by atoms with van der Waals surface area (Å²) < 4.78 is 5.94. The molecule has 2 rings (SSSR count). The van der Waals surface area contributed by atoms with Crippen LogP contribution in [0.15, 0.2) is 44.1 Å². The minimum absolute atomic E-state index is 0.0188. The topological polar surface area (TPSA) is 91.6 Å². The van der Waals surface area contributed by atoms with Gasteiger partial charge in [0.05, 0.1) is 23.8 Å². The Morgan fingerprint density at radius 3 is 2.67 bits per heavy atom. The second-order valence-corrected chi connectivity index (χ2v) is 5.82. The first-order valence-electron chi connectivity index (χ1n) is 5.75. The average Bonchev–Trinajstić information content (AvgIpc) is 2.92. The van der Waals surface area contributed by atoms with Crippen molar-refractivity contribution >= 4 is 49.5 Å². The lowest BCUT2D eigenvalue weighted by Gasteiger charge is -2.12. The number of hydrogen-bond donors (Lipinski definition) is 3. The van der Waals surface area contributed by atoms with E-state index >= 15 is 0 Å². The van der Waals surface area contributed by atoms with Gasteiger partial charge in [-0.25, -0.2) is 9.59 Å². The summed E-state index contributed by atoms with van der Waals surface area (Å²) in [5.41, 5.74) is 0.976. The lowest BCUT2D eigenvalue weighted by atomic mass is 10.2. The van der Waals surface area contributed by atoms with Crippen molar-refractivity contribution in [2.45, 2.75) is 6.54 Å². The van der Waals surface area contributed by atoms with Crippen LogP contribution in [-0.2, 0) is 6.54 Å².